The number of morpholine rings is 1. The molecule has 4 rings (SSSR count). The van der Waals surface area contributed by atoms with Crippen molar-refractivity contribution >= 4 is 23.3 Å². The number of nitrogens with one attached hydrogen (secondary N) is 1. The maximum absolute atomic E-state index is 12.6. The standard InChI is InChI=1S/C23H29N5O4/c1-16-3-4-19(11-17(16)2)28-14-18(12-22(28)29)23(30)24-5-8-32-21-13-20(25-15-26-21)27-6-9-31-10-7-27/h3-4,11,13,15,18H,5-10,12,14H2,1-2H3,(H,24,30). The van der Waals surface area contributed by atoms with Gasteiger partial charge in [0.25, 0.3) is 0 Å². The number of hydrogen-bond acceptors (Lipinski definition) is 7. The molecule has 1 atom stereocenters. The molecule has 1 aromatic heterocycles. The molecular formula is C23H29N5O4. The molecule has 0 saturated carbocycles. The third kappa shape index (κ3) is 5.16. The maximum Gasteiger partial charge on any atom is 0.227 e. The largest absolute Gasteiger partial charge is 0.476 e. The molecule has 1 unspecified atom stereocenters. The second-order valence-corrected chi connectivity index (χ2v) is 8.13. The average molecular weight is 440 g/mol. The van der Waals surface area contributed by atoms with Crippen molar-refractivity contribution in [3.05, 3.63) is 41.7 Å². The lowest BCUT2D eigenvalue weighted by molar-refractivity contribution is -0.126. The molecule has 3 heterocycles. The lowest BCUT2D eigenvalue weighted by Gasteiger charge is -2.27. The summed E-state index contributed by atoms with van der Waals surface area (Å²) >= 11 is 0. The fourth-order valence-electron chi connectivity index (χ4n) is 3.87. The molecule has 0 radical (unpaired) electrons. The topological polar surface area (TPSA) is 96.9 Å². The quantitative estimate of drug-likeness (QED) is 0.653. The third-order valence-electron chi connectivity index (χ3n) is 5.91. The molecular weight excluding hydrogens is 410 g/mol. The molecule has 0 bridgehead atoms. The van der Waals surface area contributed by atoms with Crippen LogP contribution in [-0.2, 0) is 14.3 Å². The van der Waals surface area contributed by atoms with E-state index >= 15 is 0 Å². The summed E-state index contributed by atoms with van der Waals surface area (Å²) in [6, 6.07) is 7.72. The summed E-state index contributed by atoms with van der Waals surface area (Å²) < 4.78 is 11.0. The molecule has 2 aromatic rings. The maximum atomic E-state index is 12.6. The van der Waals surface area contributed by atoms with Crippen LogP contribution in [0.4, 0.5) is 11.5 Å². The van der Waals surface area contributed by atoms with E-state index in [1.165, 1.54) is 11.9 Å². The molecule has 1 aromatic carbocycles. The summed E-state index contributed by atoms with van der Waals surface area (Å²) in [6.07, 6.45) is 1.69. The number of carbonyl (C=O) groups is 2. The molecule has 0 spiro atoms. The molecule has 2 saturated heterocycles. The molecule has 2 aliphatic rings. The number of benzene rings is 1. The number of amides is 2. The fraction of sp³-hybridized carbons (Fsp3) is 0.478. The van der Waals surface area contributed by atoms with Gasteiger partial charge in [-0.1, -0.05) is 6.07 Å². The summed E-state index contributed by atoms with van der Waals surface area (Å²) in [5.74, 6) is 0.744. The van der Waals surface area contributed by atoms with Crippen molar-refractivity contribution in [3.63, 3.8) is 0 Å². The summed E-state index contributed by atoms with van der Waals surface area (Å²) in [7, 11) is 0. The first kappa shape index (κ1) is 22.0. The Morgan fingerprint density at radius 2 is 2.00 bits per heavy atom. The van der Waals surface area contributed by atoms with Crippen molar-refractivity contribution in [3.8, 4) is 5.88 Å². The number of aromatic nitrogens is 2. The van der Waals surface area contributed by atoms with Gasteiger partial charge >= 0.3 is 0 Å². The Kier molecular flexibility index (Phi) is 6.84. The van der Waals surface area contributed by atoms with Crippen molar-refractivity contribution in [1.82, 2.24) is 15.3 Å². The van der Waals surface area contributed by atoms with Crippen LogP contribution in [0.5, 0.6) is 5.88 Å². The van der Waals surface area contributed by atoms with Crippen LogP contribution in [0.15, 0.2) is 30.6 Å². The first-order valence-electron chi connectivity index (χ1n) is 10.9. The van der Waals surface area contributed by atoms with Gasteiger partial charge in [-0.2, -0.15) is 0 Å². The number of ether oxygens (including phenoxy) is 2. The van der Waals surface area contributed by atoms with Crippen LogP contribution < -0.4 is 19.9 Å². The van der Waals surface area contributed by atoms with Gasteiger partial charge in [-0.05, 0) is 37.1 Å². The lowest BCUT2D eigenvalue weighted by Crippen LogP contribution is -2.36. The minimum atomic E-state index is -0.365. The van der Waals surface area contributed by atoms with Crippen LogP contribution in [0, 0.1) is 19.8 Å². The van der Waals surface area contributed by atoms with Gasteiger partial charge in [-0.15, -0.1) is 0 Å². The van der Waals surface area contributed by atoms with Crippen LogP contribution >= 0.6 is 0 Å². The van der Waals surface area contributed by atoms with E-state index in [2.05, 4.69) is 20.2 Å². The van der Waals surface area contributed by atoms with Gasteiger partial charge in [-0.25, -0.2) is 9.97 Å². The highest BCUT2D eigenvalue weighted by Gasteiger charge is 2.35. The van der Waals surface area contributed by atoms with Gasteiger partial charge in [0, 0.05) is 37.8 Å². The number of aryl methyl sites for hydroxylation is 2. The molecule has 9 heteroatoms. The van der Waals surface area contributed by atoms with E-state index in [0.29, 0.717) is 32.2 Å². The highest BCUT2D eigenvalue weighted by atomic mass is 16.5. The number of rotatable bonds is 7. The Morgan fingerprint density at radius 1 is 1.19 bits per heavy atom. The van der Waals surface area contributed by atoms with E-state index < -0.39 is 0 Å². The number of carbonyl (C=O) groups excluding carboxylic acids is 2. The highest BCUT2D eigenvalue weighted by molar-refractivity contribution is 6.00. The fourth-order valence-corrected chi connectivity index (χ4v) is 3.87. The summed E-state index contributed by atoms with van der Waals surface area (Å²) in [6.45, 7) is 7.99. The van der Waals surface area contributed by atoms with Crippen molar-refractivity contribution in [1.29, 1.82) is 0 Å². The predicted molar refractivity (Wildman–Crippen MR) is 120 cm³/mol. The van der Waals surface area contributed by atoms with Gasteiger partial charge in [0.1, 0.15) is 18.8 Å². The van der Waals surface area contributed by atoms with E-state index in [1.54, 1.807) is 11.0 Å². The summed E-state index contributed by atoms with van der Waals surface area (Å²) in [4.78, 5) is 37.3. The first-order valence-corrected chi connectivity index (χ1v) is 10.9. The summed E-state index contributed by atoms with van der Waals surface area (Å²) in [5, 5.41) is 2.87. The second-order valence-electron chi connectivity index (χ2n) is 8.13. The molecule has 32 heavy (non-hydrogen) atoms. The zero-order chi connectivity index (χ0) is 22.5. The molecule has 170 valence electrons. The molecule has 2 aliphatic heterocycles. The second kappa shape index (κ2) is 9.95. The Balaban J connectivity index is 1.24. The van der Waals surface area contributed by atoms with Gasteiger partial charge in [-0.3, -0.25) is 9.59 Å². The molecule has 0 aliphatic carbocycles. The van der Waals surface area contributed by atoms with E-state index in [-0.39, 0.29) is 30.8 Å². The number of nitrogens with zero attached hydrogens (tertiary/aromatic N) is 4. The monoisotopic (exact) mass is 439 g/mol. The minimum absolute atomic E-state index is 0.0266. The highest BCUT2D eigenvalue weighted by Crippen LogP contribution is 2.27. The predicted octanol–water partition coefficient (Wildman–Crippen LogP) is 1.48. The number of anilines is 2. The van der Waals surface area contributed by atoms with E-state index in [0.717, 1.165) is 30.2 Å². The first-order chi connectivity index (χ1) is 15.5. The minimum Gasteiger partial charge on any atom is -0.476 e. The summed E-state index contributed by atoms with van der Waals surface area (Å²) in [5.41, 5.74) is 3.15. The van der Waals surface area contributed by atoms with Crippen LogP contribution in [0.25, 0.3) is 0 Å². The molecule has 2 amide bonds. The van der Waals surface area contributed by atoms with Crippen LogP contribution in [0.1, 0.15) is 17.5 Å². The Hall–Kier alpha value is -3.20. The van der Waals surface area contributed by atoms with Gasteiger partial charge in [0.05, 0.1) is 25.7 Å². The van der Waals surface area contributed by atoms with E-state index in [9.17, 15) is 9.59 Å². The Bertz CT molecular complexity index is 977. The average Bonchev–Trinajstić information content (AvgIpc) is 3.21. The number of hydrogen-bond donors (Lipinski definition) is 1. The molecule has 9 nitrogen and oxygen atoms in total. The van der Waals surface area contributed by atoms with E-state index in [1.807, 2.05) is 32.0 Å². The smallest absolute Gasteiger partial charge is 0.227 e. The SMILES string of the molecule is Cc1ccc(N2CC(C(=O)NCCOc3cc(N4CCOCC4)ncn3)CC2=O)cc1C. The Morgan fingerprint density at radius 3 is 2.78 bits per heavy atom. The van der Waals surface area contributed by atoms with Crippen LogP contribution in [-0.4, -0.2) is 67.8 Å². The van der Waals surface area contributed by atoms with Gasteiger partial charge < -0.3 is 24.6 Å². The van der Waals surface area contributed by atoms with Crippen molar-refractivity contribution in [2.45, 2.75) is 20.3 Å². The van der Waals surface area contributed by atoms with Crippen molar-refractivity contribution in [2.24, 2.45) is 5.92 Å². The van der Waals surface area contributed by atoms with E-state index in [4.69, 9.17) is 9.47 Å². The van der Waals surface area contributed by atoms with Crippen LogP contribution in [0.2, 0.25) is 0 Å². The third-order valence-corrected chi connectivity index (χ3v) is 5.91. The van der Waals surface area contributed by atoms with Gasteiger partial charge in [0.15, 0.2) is 0 Å². The normalized spacial score (nSPS) is 18.7. The zero-order valence-corrected chi connectivity index (χ0v) is 18.5. The lowest BCUT2D eigenvalue weighted by atomic mass is 10.1. The van der Waals surface area contributed by atoms with Crippen molar-refractivity contribution < 1.29 is 19.1 Å². The zero-order valence-electron chi connectivity index (χ0n) is 18.5. The molecule has 1 N–H and O–H groups in total. The Labute approximate surface area is 187 Å². The van der Waals surface area contributed by atoms with Crippen LogP contribution in [0.3, 0.4) is 0 Å². The molecule has 2 fully saturated rings. The van der Waals surface area contributed by atoms with Gasteiger partial charge in [0.2, 0.25) is 17.7 Å². The van der Waals surface area contributed by atoms with Crippen molar-refractivity contribution in [2.75, 3.05) is 55.8 Å².